The van der Waals surface area contributed by atoms with Gasteiger partial charge in [-0.15, -0.1) is 0 Å². The number of fused-ring (bicyclic) bond motifs is 1. The number of thiazole rings is 1. The molecular weight excluding hydrogens is 462 g/mol. The van der Waals surface area contributed by atoms with Crippen molar-refractivity contribution in [3.8, 4) is 5.75 Å². The number of halogens is 1. The van der Waals surface area contributed by atoms with Gasteiger partial charge in [0.1, 0.15) is 5.75 Å². The number of hydrogen-bond donors (Lipinski definition) is 0. The van der Waals surface area contributed by atoms with Crippen molar-refractivity contribution < 1.29 is 9.53 Å². The van der Waals surface area contributed by atoms with Gasteiger partial charge < -0.3 is 4.74 Å². The lowest BCUT2D eigenvalue weighted by molar-refractivity contribution is 0.0987. The summed E-state index contributed by atoms with van der Waals surface area (Å²) < 4.78 is 7.20. The number of rotatable bonds is 5. The second-order valence-electron chi connectivity index (χ2n) is 6.61. The molecule has 0 fully saturated rings. The number of methoxy groups -OCH3 is 1. The number of benzene rings is 3. The predicted molar refractivity (Wildman–Crippen MR) is 126 cm³/mol. The van der Waals surface area contributed by atoms with Gasteiger partial charge >= 0.3 is 0 Å². The monoisotopic (exact) mass is 479 g/mol. The average molecular weight is 480 g/mol. The van der Waals surface area contributed by atoms with Crippen molar-refractivity contribution in [3.05, 3.63) is 87.9 Å². The maximum absolute atomic E-state index is 13.3. The first-order valence-corrected chi connectivity index (χ1v) is 10.8. The second kappa shape index (κ2) is 8.77. The van der Waals surface area contributed by atoms with E-state index in [2.05, 4.69) is 26.0 Å². The van der Waals surface area contributed by atoms with E-state index in [-0.39, 0.29) is 5.91 Å². The van der Waals surface area contributed by atoms with Crippen molar-refractivity contribution in [1.82, 2.24) is 4.98 Å². The Morgan fingerprint density at radius 1 is 1.13 bits per heavy atom. The third-order valence-corrected chi connectivity index (χ3v) is 5.94. The smallest absolute Gasteiger partial charge is 0.280 e. The summed E-state index contributed by atoms with van der Waals surface area (Å²) in [5.41, 5.74) is 3.23. The molecule has 0 bridgehead atoms. The van der Waals surface area contributed by atoms with E-state index in [1.165, 1.54) is 16.3 Å². The van der Waals surface area contributed by atoms with Crippen LogP contribution in [0.3, 0.4) is 0 Å². The van der Waals surface area contributed by atoms with Crippen LogP contribution in [0.4, 0.5) is 5.13 Å². The van der Waals surface area contributed by atoms with E-state index in [0.717, 1.165) is 31.6 Å². The van der Waals surface area contributed by atoms with Crippen LogP contribution in [0.1, 0.15) is 21.5 Å². The van der Waals surface area contributed by atoms with Gasteiger partial charge in [0.2, 0.25) is 5.13 Å². The molecule has 1 amide bonds. The summed E-state index contributed by atoms with van der Waals surface area (Å²) in [5, 5.41) is 6.35. The quantitative estimate of drug-likeness (QED) is 0.258. The van der Waals surface area contributed by atoms with Gasteiger partial charge in [0.05, 0.1) is 23.5 Å². The summed E-state index contributed by atoms with van der Waals surface area (Å²) in [6.07, 6.45) is 1.66. The minimum absolute atomic E-state index is 0.238. The van der Waals surface area contributed by atoms with E-state index in [1.54, 1.807) is 19.4 Å². The molecule has 0 aliphatic rings. The van der Waals surface area contributed by atoms with Crippen molar-refractivity contribution in [1.29, 1.82) is 0 Å². The number of anilines is 1. The highest BCUT2D eigenvalue weighted by atomic mass is 79.9. The molecule has 30 heavy (non-hydrogen) atoms. The largest absolute Gasteiger partial charge is 0.497 e. The van der Waals surface area contributed by atoms with E-state index >= 15 is 0 Å². The maximum atomic E-state index is 13.3. The van der Waals surface area contributed by atoms with Crippen LogP contribution in [0.2, 0.25) is 0 Å². The molecule has 0 atom stereocenters. The van der Waals surface area contributed by atoms with E-state index in [0.29, 0.717) is 10.7 Å². The number of hydrogen-bond acceptors (Lipinski definition) is 5. The fourth-order valence-corrected chi connectivity index (χ4v) is 4.09. The van der Waals surface area contributed by atoms with Gasteiger partial charge in [-0.25, -0.2) is 4.98 Å². The standard InChI is InChI=1S/C23H18BrN3O2S/c1-15-4-3-5-17(12-15)22(28)27(25-14-16-6-8-18(24)9-7-16)23-26-20-11-10-19(29-2)13-21(20)30-23/h3-14H,1-2H3/b25-14+. The third kappa shape index (κ3) is 4.42. The Morgan fingerprint density at radius 2 is 1.93 bits per heavy atom. The molecule has 0 aliphatic carbocycles. The molecule has 0 saturated heterocycles. The van der Waals surface area contributed by atoms with Crippen LogP contribution < -0.4 is 9.75 Å². The summed E-state index contributed by atoms with van der Waals surface area (Å²) in [6, 6.07) is 20.8. The number of carbonyl (C=O) groups is 1. The molecule has 150 valence electrons. The Morgan fingerprint density at radius 3 is 2.67 bits per heavy atom. The van der Waals surface area contributed by atoms with Crippen LogP contribution in [0, 0.1) is 6.92 Å². The molecule has 3 aromatic carbocycles. The molecule has 0 saturated carbocycles. The fourth-order valence-electron chi connectivity index (χ4n) is 2.87. The van der Waals surface area contributed by atoms with Crippen molar-refractivity contribution >= 4 is 54.7 Å². The first kappa shape index (κ1) is 20.3. The number of aromatic nitrogens is 1. The summed E-state index contributed by atoms with van der Waals surface area (Å²) in [7, 11) is 1.62. The summed E-state index contributed by atoms with van der Waals surface area (Å²) in [6.45, 7) is 1.95. The van der Waals surface area contributed by atoms with E-state index < -0.39 is 0 Å². The van der Waals surface area contributed by atoms with Crippen molar-refractivity contribution in [2.45, 2.75) is 6.92 Å². The Bertz CT molecular complexity index is 1230. The molecule has 0 spiro atoms. The zero-order valence-electron chi connectivity index (χ0n) is 16.4. The van der Waals surface area contributed by atoms with Gasteiger partial charge in [0, 0.05) is 10.0 Å². The summed E-state index contributed by atoms with van der Waals surface area (Å²) >= 11 is 4.82. The van der Waals surface area contributed by atoms with E-state index in [4.69, 9.17) is 4.74 Å². The molecule has 4 rings (SSSR count). The summed E-state index contributed by atoms with van der Waals surface area (Å²) in [4.78, 5) is 18.0. The van der Waals surface area contributed by atoms with E-state index in [9.17, 15) is 4.79 Å². The van der Waals surface area contributed by atoms with Gasteiger partial charge in [0.15, 0.2) is 0 Å². The van der Waals surface area contributed by atoms with Crippen molar-refractivity contribution in [2.75, 3.05) is 12.1 Å². The molecule has 0 aliphatic heterocycles. The Hall–Kier alpha value is -3.03. The molecule has 0 N–H and O–H groups in total. The molecule has 0 radical (unpaired) electrons. The number of hydrazone groups is 1. The Labute approximate surface area is 186 Å². The maximum Gasteiger partial charge on any atom is 0.280 e. The SMILES string of the molecule is COc1ccc2nc(N(/N=C/c3ccc(Br)cc3)C(=O)c3cccc(C)c3)sc2c1. The zero-order chi connectivity index (χ0) is 21.1. The lowest BCUT2D eigenvalue weighted by Crippen LogP contribution is -2.25. The highest BCUT2D eigenvalue weighted by Gasteiger charge is 2.21. The van der Waals surface area contributed by atoms with Gasteiger partial charge in [-0.1, -0.05) is 57.1 Å². The molecule has 1 heterocycles. The number of aryl methyl sites for hydroxylation is 1. The van der Waals surface area contributed by atoms with Gasteiger partial charge in [0.25, 0.3) is 5.91 Å². The molecular formula is C23H18BrN3O2S. The summed E-state index contributed by atoms with van der Waals surface area (Å²) in [5.74, 6) is 0.505. The first-order valence-electron chi connectivity index (χ1n) is 9.19. The van der Waals surface area contributed by atoms with Crippen LogP contribution >= 0.6 is 27.3 Å². The molecule has 7 heteroatoms. The van der Waals surface area contributed by atoms with Gasteiger partial charge in [-0.2, -0.15) is 10.1 Å². The zero-order valence-corrected chi connectivity index (χ0v) is 18.8. The molecule has 4 aromatic rings. The lowest BCUT2D eigenvalue weighted by atomic mass is 10.1. The Kier molecular flexibility index (Phi) is 5.92. The topological polar surface area (TPSA) is 54.8 Å². The van der Waals surface area contributed by atoms with Crippen LogP contribution in [0.5, 0.6) is 5.75 Å². The molecule has 0 unspecified atom stereocenters. The average Bonchev–Trinajstić information content (AvgIpc) is 3.17. The van der Waals surface area contributed by atoms with Gasteiger partial charge in [-0.05, 0) is 55.0 Å². The van der Waals surface area contributed by atoms with E-state index in [1.807, 2.05) is 67.6 Å². The third-order valence-electron chi connectivity index (χ3n) is 4.42. The van der Waals surface area contributed by atoms with Crippen LogP contribution in [-0.2, 0) is 0 Å². The number of nitrogens with zero attached hydrogens (tertiary/aromatic N) is 3. The van der Waals surface area contributed by atoms with Crippen molar-refractivity contribution in [2.24, 2.45) is 5.10 Å². The first-order chi connectivity index (χ1) is 14.5. The molecule has 5 nitrogen and oxygen atoms in total. The van der Waals surface area contributed by atoms with Crippen LogP contribution in [0.15, 0.2) is 76.3 Å². The Balaban J connectivity index is 1.76. The van der Waals surface area contributed by atoms with Crippen LogP contribution in [0.25, 0.3) is 10.2 Å². The number of amides is 1. The highest BCUT2D eigenvalue weighted by Crippen LogP contribution is 2.32. The minimum Gasteiger partial charge on any atom is -0.497 e. The van der Waals surface area contributed by atoms with Crippen LogP contribution in [-0.4, -0.2) is 24.2 Å². The highest BCUT2D eigenvalue weighted by molar-refractivity contribution is 9.10. The number of carbonyl (C=O) groups excluding carboxylic acids is 1. The van der Waals surface area contributed by atoms with Crippen molar-refractivity contribution in [3.63, 3.8) is 0 Å². The predicted octanol–water partition coefficient (Wildman–Crippen LogP) is 6.06. The fraction of sp³-hybridized carbons (Fsp3) is 0.0870. The second-order valence-corrected chi connectivity index (χ2v) is 8.54. The normalized spacial score (nSPS) is 11.2. The number of ether oxygens (including phenoxy) is 1. The molecule has 1 aromatic heterocycles. The lowest BCUT2D eigenvalue weighted by Gasteiger charge is -2.14. The van der Waals surface area contributed by atoms with Gasteiger partial charge in [-0.3, -0.25) is 4.79 Å². The minimum atomic E-state index is -0.238.